The van der Waals surface area contributed by atoms with Crippen LogP contribution in [0.2, 0.25) is 0 Å². The molecule has 0 amide bonds. The van der Waals surface area contributed by atoms with E-state index < -0.39 is 12.1 Å². The third-order valence-corrected chi connectivity index (χ3v) is 3.82. The van der Waals surface area contributed by atoms with Crippen LogP contribution in [0.15, 0.2) is 18.2 Å². The van der Waals surface area contributed by atoms with Crippen LogP contribution in [0.1, 0.15) is 26.3 Å². The number of morpholine rings is 1. The Bertz CT molecular complexity index is 558. The Labute approximate surface area is 136 Å². The summed E-state index contributed by atoms with van der Waals surface area (Å²) in [6.07, 6.45) is -0.939. The van der Waals surface area contributed by atoms with Gasteiger partial charge in [0.25, 0.3) is 0 Å². The van der Waals surface area contributed by atoms with Crippen molar-refractivity contribution >= 4 is 5.97 Å². The fourth-order valence-corrected chi connectivity index (χ4v) is 2.70. The van der Waals surface area contributed by atoms with Crippen LogP contribution in [0.3, 0.4) is 0 Å². The fourth-order valence-electron chi connectivity index (χ4n) is 2.70. The number of carboxylic acid groups (broad SMARTS) is 1. The van der Waals surface area contributed by atoms with Gasteiger partial charge in [0.2, 0.25) is 0 Å². The van der Waals surface area contributed by atoms with E-state index >= 15 is 0 Å². The molecule has 1 N–H and O–H groups in total. The normalized spacial score (nSPS) is 19.1. The average Bonchev–Trinajstić information content (AvgIpc) is 2.47. The Hall–Kier alpha value is -1.79. The van der Waals surface area contributed by atoms with Crippen molar-refractivity contribution < 1.29 is 24.1 Å². The van der Waals surface area contributed by atoms with Crippen LogP contribution in [0.4, 0.5) is 0 Å². The molecule has 6 nitrogen and oxygen atoms in total. The molecule has 6 heteroatoms. The van der Waals surface area contributed by atoms with E-state index in [-0.39, 0.29) is 5.60 Å². The molecule has 1 atom stereocenters. The van der Waals surface area contributed by atoms with Crippen molar-refractivity contribution in [3.8, 4) is 11.5 Å². The summed E-state index contributed by atoms with van der Waals surface area (Å²) in [4.78, 5) is 13.4. The van der Waals surface area contributed by atoms with Crippen molar-refractivity contribution in [1.29, 1.82) is 0 Å². The molecule has 1 aliphatic heterocycles. The second kappa shape index (κ2) is 7.19. The molecule has 1 aromatic rings. The quantitative estimate of drug-likeness (QED) is 0.865. The van der Waals surface area contributed by atoms with E-state index in [4.69, 9.17) is 19.3 Å². The van der Waals surface area contributed by atoms with Gasteiger partial charge in [0.15, 0.2) is 17.6 Å². The van der Waals surface area contributed by atoms with Gasteiger partial charge in [0.1, 0.15) is 0 Å². The van der Waals surface area contributed by atoms with E-state index in [2.05, 4.69) is 18.7 Å². The molecule has 1 saturated heterocycles. The molecule has 0 aliphatic carbocycles. The first-order valence-corrected chi connectivity index (χ1v) is 7.74. The van der Waals surface area contributed by atoms with Crippen LogP contribution in [0, 0.1) is 0 Å². The van der Waals surface area contributed by atoms with E-state index in [1.807, 2.05) is 12.1 Å². The molecule has 1 heterocycles. The van der Waals surface area contributed by atoms with Crippen molar-refractivity contribution in [2.45, 2.75) is 39.0 Å². The minimum atomic E-state index is -1.01. The second-order valence-electron chi connectivity index (χ2n) is 6.37. The number of carboxylic acids is 1. The molecule has 0 bridgehead atoms. The molecule has 128 valence electrons. The van der Waals surface area contributed by atoms with E-state index in [0.29, 0.717) is 24.7 Å². The molecule has 0 spiro atoms. The Morgan fingerprint density at radius 2 is 2.22 bits per heavy atom. The summed E-state index contributed by atoms with van der Waals surface area (Å²) >= 11 is 0. The maximum absolute atomic E-state index is 11.1. The lowest BCUT2D eigenvalue weighted by Gasteiger charge is -2.38. The zero-order valence-electron chi connectivity index (χ0n) is 14.2. The number of ether oxygens (including phenoxy) is 3. The monoisotopic (exact) mass is 323 g/mol. The van der Waals surface area contributed by atoms with E-state index in [0.717, 1.165) is 18.7 Å². The maximum Gasteiger partial charge on any atom is 0.344 e. The third-order valence-electron chi connectivity index (χ3n) is 3.82. The van der Waals surface area contributed by atoms with Crippen LogP contribution in [0.25, 0.3) is 0 Å². The summed E-state index contributed by atoms with van der Waals surface area (Å²) < 4.78 is 16.7. The summed E-state index contributed by atoms with van der Waals surface area (Å²) in [5, 5.41) is 9.10. The summed E-state index contributed by atoms with van der Waals surface area (Å²) in [5.41, 5.74) is 0.724. The number of aliphatic carboxylic acids is 1. The van der Waals surface area contributed by atoms with Gasteiger partial charge in [0, 0.05) is 25.2 Å². The zero-order chi connectivity index (χ0) is 17.0. The summed E-state index contributed by atoms with van der Waals surface area (Å²) in [6.45, 7) is 8.61. The van der Waals surface area contributed by atoms with E-state index in [9.17, 15) is 4.79 Å². The van der Waals surface area contributed by atoms with Crippen LogP contribution < -0.4 is 9.47 Å². The molecular formula is C17H25NO5. The number of rotatable bonds is 6. The highest BCUT2D eigenvalue weighted by Gasteiger charge is 2.28. The summed E-state index contributed by atoms with van der Waals surface area (Å²) in [6, 6.07) is 5.60. The molecule has 1 aromatic carbocycles. The van der Waals surface area contributed by atoms with Gasteiger partial charge in [-0.2, -0.15) is 0 Å². The van der Waals surface area contributed by atoms with Crippen LogP contribution >= 0.6 is 0 Å². The molecule has 1 fully saturated rings. The van der Waals surface area contributed by atoms with Crippen LogP contribution in [-0.4, -0.2) is 54.5 Å². The predicted octanol–water partition coefficient (Wildman–Crippen LogP) is 2.16. The number of benzene rings is 1. The number of hydrogen-bond acceptors (Lipinski definition) is 5. The van der Waals surface area contributed by atoms with Gasteiger partial charge in [-0.25, -0.2) is 4.79 Å². The molecule has 2 rings (SSSR count). The number of para-hydroxylation sites is 1. The number of nitrogens with zero attached hydrogens (tertiary/aromatic N) is 1. The Morgan fingerprint density at radius 1 is 1.48 bits per heavy atom. The van der Waals surface area contributed by atoms with Gasteiger partial charge >= 0.3 is 5.97 Å². The van der Waals surface area contributed by atoms with E-state index in [1.54, 1.807) is 13.2 Å². The first kappa shape index (κ1) is 17.6. The molecule has 0 aromatic heterocycles. The molecule has 0 radical (unpaired) electrons. The first-order valence-electron chi connectivity index (χ1n) is 7.74. The van der Waals surface area contributed by atoms with Gasteiger partial charge in [-0.15, -0.1) is 0 Å². The lowest BCUT2D eigenvalue weighted by molar-refractivity contribution is -0.144. The molecule has 23 heavy (non-hydrogen) atoms. The summed E-state index contributed by atoms with van der Waals surface area (Å²) in [5.74, 6) is 0.0340. The Morgan fingerprint density at radius 3 is 2.83 bits per heavy atom. The number of methoxy groups -OCH3 is 1. The van der Waals surface area contributed by atoms with Gasteiger partial charge in [-0.3, -0.25) is 4.90 Å². The molecule has 1 aliphatic rings. The van der Waals surface area contributed by atoms with Crippen LogP contribution in [0.5, 0.6) is 11.5 Å². The highest BCUT2D eigenvalue weighted by molar-refractivity contribution is 5.72. The highest BCUT2D eigenvalue weighted by atomic mass is 16.5. The van der Waals surface area contributed by atoms with Gasteiger partial charge < -0.3 is 19.3 Å². The highest BCUT2D eigenvalue weighted by Crippen LogP contribution is 2.33. The minimum absolute atomic E-state index is 0.188. The van der Waals surface area contributed by atoms with E-state index in [1.165, 1.54) is 6.92 Å². The second-order valence-corrected chi connectivity index (χ2v) is 6.37. The van der Waals surface area contributed by atoms with Crippen molar-refractivity contribution in [2.75, 3.05) is 26.8 Å². The third kappa shape index (κ3) is 4.59. The standard InChI is InChI=1S/C17H25NO5/c1-12(16(19)20)23-15-13(6-5-7-14(15)21-4)10-18-8-9-22-17(2,3)11-18/h5-7,12H,8-11H2,1-4H3,(H,19,20)/t12-/m0/s1. The largest absolute Gasteiger partial charge is 0.493 e. The number of carbonyl (C=O) groups is 1. The fraction of sp³-hybridized carbons (Fsp3) is 0.588. The SMILES string of the molecule is COc1cccc(CN2CCOC(C)(C)C2)c1O[C@@H](C)C(=O)O. The summed E-state index contributed by atoms with van der Waals surface area (Å²) in [7, 11) is 1.55. The molecule has 0 saturated carbocycles. The van der Waals surface area contributed by atoms with Gasteiger partial charge in [0.05, 0.1) is 19.3 Å². The zero-order valence-corrected chi connectivity index (χ0v) is 14.2. The molecule has 0 unspecified atom stereocenters. The lowest BCUT2D eigenvalue weighted by Crippen LogP contribution is -2.47. The maximum atomic E-state index is 11.1. The van der Waals surface area contributed by atoms with Gasteiger partial charge in [-0.1, -0.05) is 12.1 Å². The van der Waals surface area contributed by atoms with Gasteiger partial charge in [-0.05, 0) is 26.8 Å². The Kier molecular flexibility index (Phi) is 5.49. The minimum Gasteiger partial charge on any atom is -0.493 e. The lowest BCUT2D eigenvalue weighted by atomic mass is 10.1. The van der Waals surface area contributed by atoms with Crippen molar-refractivity contribution in [3.05, 3.63) is 23.8 Å². The van der Waals surface area contributed by atoms with Crippen molar-refractivity contribution in [3.63, 3.8) is 0 Å². The van der Waals surface area contributed by atoms with Crippen molar-refractivity contribution in [1.82, 2.24) is 4.90 Å². The average molecular weight is 323 g/mol. The first-order chi connectivity index (χ1) is 10.8. The Balaban J connectivity index is 2.22. The topological polar surface area (TPSA) is 68.2 Å². The number of hydrogen-bond donors (Lipinski definition) is 1. The van der Waals surface area contributed by atoms with Crippen LogP contribution in [-0.2, 0) is 16.1 Å². The molecular weight excluding hydrogens is 298 g/mol. The van der Waals surface area contributed by atoms with Crippen molar-refractivity contribution in [2.24, 2.45) is 0 Å². The predicted molar refractivity (Wildman–Crippen MR) is 86.0 cm³/mol. The smallest absolute Gasteiger partial charge is 0.344 e.